The minimum Gasteiger partial charge on any atom is -0.371 e. The topological polar surface area (TPSA) is 40.6 Å². The van der Waals surface area contributed by atoms with E-state index in [0.29, 0.717) is 16.8 Å². The van der Waals surface area contributed by atoms with E-state index < -0.39 is 0 Å². The molecule has 0 saturated carbocycles. The zero-order valence-electron chi connectivity index (χ0n) is 16.2. The van der Waals surface area contributed by atoms with Gasteiger partial charge in [-0.3, -0.25) is 9.59 Å². The molecule has 3 aromatic rings. The Balaban J connectivity index is 1.73. The second-order valence-electron chi connectivity index (χ2n) is 7.72. The summed E-state index contributed by atoms with van der Waals surface area (Å²) in [7, 11) is 0. The first-order valence-corrected chi connectivity index (χ1v) is 9.83. The lowest BCUT2D eigenvalue weighted by Crippen LogP contribution is -2.41. The number of aryl methyl sites for hydroxylation is 1. The van der Waals surface area contributed by atoms with E-state index in [9.17, 15) is 9.59 Å². The molecule has 0 aliphatic carbocycles. The molecule has 28 heavy (non-hydrogen) atoms. The number of hydrogen-bond donors (Lipinski definition) is 0. The zero-order chi connectivity index (χ0) is 19.4. The van der Waals surface area contributed by atoms with Gasteiger partial charge in [0, 0.05) is 40.7 Å². The molecule has 2 heterocycles. The lowest BCUT2D eigenvalue weighted by Gasteiger charge is -2.30. The van der Waals surface area contributed by atoms with Crippen LogP contribution in [0.2, 0.25) is 0 Å². The molecule has 3 aromatic carbocycles. The maximum atomic E-state index is 13.4. The fourth-order valence-electron chi connectivity index (χ4n) is 4.51. The molecule has 0 unspecified atom stereocenters. The van der Waals surface area contributed by atoms with Crippen molar-refractivity contribution in [3.63, 3.8) is 0 Å². The molecular weight excluding hydrogens is 348 g/mol. The van der Waals surface area contributed by atoms with Gasteiger partial charge >= 0.3 is 0 Å². The van der Waals surface area contributed by atoms with Gasteiger partial charge in [-0.05, 0) is 62.1 Å². The van der Waals surface area contributed by atoms with Gasteiger partial charge in [0.25, 0.3) is 11.8 Å². The van der Waals surface area contributed by atoms with Gasteiger partial charge in [0.1, 0.15) is 0 Å². The third kappa shape index (κ3) is 2.30. The average molecular weight is 370 g/mol. The minimum atomic E-state index is -0.240. The number of amides is 2. The van der Waals surface area contributed by atoms with Gasteiger partial charge in [0.05, 0.1) is 5.69 Å². The molecule has 2 aliphatic rings. The smallest absolute Gasteiger partial charge is 0.265 e. The van der Waals surface area contributed by atoms with Crippen molar-refractivity contribution >= 4 is 34.0 Å². The Morgan fingerprint density at radius 1 is 0.750 bits per heavy atom. The summed E-state index contributed by atoms with van der Waals surface area (Å²) in [6, 6.07) is 15.5. The van der Waals surface area contributed by atoms with Crippen LogP contribution in [0, 0.1) is 13.8 Å². The minimum absolute atomic E-state index is 0.240. The highest BCUT2D eigenvalue weighted by molar-refractivity contribution is 6.36. The molecule has 1 fully saturated rings. The summed E-state index contributed by atoms with van der Waals surface area (Å²) < 4.78 is 0. The summed E-state index contributed by atoms with van der Waals surface area (Å²) >= 11 is 0. The van der Waals surface area contributed by atoms with Crippen molar-refractivity contribution in [1.29, 1.82) is 0 Å². The third-order valence-electron chi connectivity index (χ3n) is 6.15. The highest BCUT2D eigenvalue weighted by Gasteiger charge is 2.35. The van der Waals surface area contributed by atoms with Gasteiger partial charge in [-0.15, -0.1) is 0 Å². The monoisotopic (exact) mass is 370 g/mol. The third-order valence-corrected chi connectivity index (χ3v) is 6.15. The van der Waals surface area contributed by atoms with E-state index in [2.05, 4.69) is 4.90 Å². The second kappa shape index (κ2) is 6.20. The van der Waals surface area contributed by atoms with Crippen LogP contribution in [0.25, 0.3) is 10.8 Å². The van der Waals surface area contributed by atoms with Crippen LogP contribution in [0.5, 0.6) is 0 Å². The van der Waals surface area contributed by atoms with Gasteiger partial charge in [-0.25, -0.2) is 4.90 Å². The molecule has 5 rings (SSSR count). The van der Waals surface area contributed by atoms with Crippen LogP contribution in [0.4, 0.5) is 11.4 Å². The molecule has 0 aromatic heterocycles. The first-order chi connectivity index (χ1) is 13.6. The van der Waals surface area contributed by atoms with Gasteiger partial charge in [-0.2, -0.15) is 0 Å². The molecule has 4 heteroatoms. The lowest BCUT2D eigenvalue weighted by atomic mass is 9.92. The summed E-state index contributed by atoms with van der Waals surface area (Å²) in [5, 5.41) is 1.79. The van der Waals surface area contributed by atoms with Crippen molar-refractivity contribution in [3.05, 3.63) is 70.8 Å². The maximum Gasteiger partial charge on any atom is 0.265 e. The Morgan fingerprint density at radius 2 is 1.43 bits per heavy atom. The summed E-state index contributed by atoms with van der Waals surface area (Å²) in [5.41, 5.74) is 5.02. The van der Waals surface area contributed by atoms with E-state index in [-0.39, 0.29) is 11.8 Å². The first-order valence-electron chi connectivity index (χ1n) is 9.83. The molecule has 4 nitrogen and oxygen atoms in total. The van der Waals surface area contributed by atoms with Crippen LogP contribution in [-0.2, 0) is 0 Å². The number of nitrogens with zero attached hydrogens (tertiary/aromatic N) is 2. The maximum absolute atomic E-state index is 13.4. The molecule has 0 spiro atoms. The number of anilines is 2. The molecule has 2 aliphatic heterocycles. The Kier molecular flexibility index (Phi) is 3.76. The normalized spacial score (nSPS) is 16.4. The van der Waals surface area contributed by atoms with E-state index in [4.69, 9.17) is 0 Å². The predicted molar refractivity (Wildman–Crippen MR) is 112 cm³/mol. The van der Waals surface area contributed by atoms with E-state index in [0.717, 1.165) is 40.7 Å². The van der Waals surface area contributed by atoms with Crippen LogP contribution < -0.4 is 9.80 Å². The summed E-state index contributed by atoms with van der Waals surface area (Å²) in [5.74, 6) is -0.481. The van der Waals surface area contributed by atoms with Crippen LogP contribution >= 0.6 is 0 Å². The van der Waals surface area contributed by atoms with Crippen LogP contribution in [0.1, 0.15) is 44.7 Å². The summed E-state index contributed by atoms with van der Waals surface area (Å²) in [6.45, 7) is 6.00. The first kappa shape index (κ1) is 17.0. The Labute approximate surface area is 164 Å². The van der Waals surface area contributed by atoms with E-state index in [1.807, 2.05) is 62.4 Å². The molecule has 0 bridgehead atoms. The largest absolute Gasteiger partial charge is 0.371 e. The highest BCUT2D eigenvalue weighted by Crippen LogP contribution is 2.39. The fourth-order valence-corrected chi connectivity index (χ4v) is 4.51. The lowest BCUT2D eigenvalue weighted by molar-refractivity contribution is 0.0893. The molecule has 1 saturated heterocycles. The number of hydrogen-bond acceptors (Lipinski definition) is 3. The van der Waals surface area contributed by atoms with Crippen molar-refractivity contribution < 1.29 is 9.59 Å². The SMILES string of the molecule is Cc1cccc(N2C(=O)c3cccc4c(N5CCCC5)ccc(c34)C2=O)c1C. The van der Waals surface area contributed by atoms with Gasteiger partial charge in [0.15, 0.2) is 0 Å². The Morgan fingerprint density at radius 3 is 2.18 bits per heavy atom. The number of benzene rings is 3. The number of carbonyl (C=O) groups excluding carboxylic acids is 2. The molecule has 2 amide bonds. The van der Waals surface area contributed by atoms with Crippen molar-refractivity contribution in [2.24, 2.45) is 0 Å². The van der Waals surface area contributed by atoms with Crippen LogP contribution in [-0.4, -0.2) is 24.9 Å². The number of imide groups is 1. The highest BCUT2D eigenvalue weighted by atomic mass is 16.2. The zero-order valence-corrected chi connectivity index (χ0v) is 16.2. The van der Waals surface area contributed by atoms with Crippen molar-refractivity contribution in [1.82, 2.24) is 0 Å². The van der Waals surface area contributed by atoms with Crippen molar-refractivity contribution in [2.75, 3.05) is 22.9 Å². The average Bonchev–Trinajstić information content (AvgIpc) is 3.23. The Bertz CT molecular complexity index is 1120. The molecular formula is C24H22N2O2. The van der Waals surface area contributed by atoms with Crippen molar-refractivity contribution in [3.8, 4) is 0 Å². The predicted octanol–water partition coefficient (Wildman–Crippen LogP) is 4.86. The Hall–Kier alpha value is -3.14. The summed E-state index contributed by atoms with van der Waals surface area (Å²) in [6.07, 6.45) is 2.36. The molecule has 0 atom stereocenters. The van der Waals surface area contributed by atoms with Crippen molar-refractivity contribution in [2.45, 2.75) is 26.7 Å². The van der Waals surface area contributed by atoms with E-state index >= 15 is 0 Å². The van der Waals surface area contributed by atoms with Crippen LogP contribution in [0.3, 0.4) is 0 Å². The van der Waals surface area contributed by atoms with Gasteiger partial charge in [0.2, 0.25) is 0 Å². The van der Waals surface area contributed by atoms with E-state index in [1.54, 1.807) is 0 Å². The molecule has 140 valence electrons. The second-order valence-corrected chi connectivity index (χ2v) is 7.72. The van der Waals surface area contributed by atoms with E-state index in [1.165, 1.54) is 17.7 Å². The molecule has 0 N–H and O–H groups in total. The van der Waals surface area contributed by atoms with Gasteiger partial charge in [-0.1, -0.05) is 24.3 Å². The van der Waals surface area contributed by atoms with Crippen LogP contribution in [0.15, 0.2) is 48.5 Å². The number of rotatable bonds is 2. The summed E-state index contributed by atoms with van der Waals surface area (Å²) in [4.78, 5) is 30.5. The fraction of sp³-hybridized carbons (Fsp3) is 0.250. The quantitative estimate of drug-likeness (QED) is 0.605. The molecule has 0 radical (unpaired) electrons. The standard InChI is InChI=1S/C24H22N2O2/c1-15-7-5-10-20(16(15)2)26-23(27)18-9-6-8-17-21(25-13-3-4-14-25)12-11-19(22(17)18)24(26)28/h5-12H,3-4,13-14H2,1-2H3. The number of carbonyl (C=O) groups is 2. The van der Waals surface area contributed by atoms with Gasteiger partial charge < -0.3 is 4.90 Å².